The first-order chi connectivity index (χ1) is 12.2. The molecule has 0 aliphatic carbocycles. The smallest absolute Gasteiger partial charge is 0.355 e. The quantitative estimate of drug-likeness (QED) is 0.363. The number of fused-ring (bicyclic) bond motifs is 1. The van der Waals surface area contributed by atoms with Gasteiger partial charge in [0.1, 0.15) is 10.6 Å². The molecule has 0 aliphatic heterocycles. The van der Waals surface area contributed by atoms with E-state index in [1.54, 1.807) is 0 Å². The maximum absolute atomic E-state index is 12.6. The number of nitro benzene ring substituents is 1. The highest BCUT2D eigenvalue weighted by molar-refractivity contribution is 7.90. The van der Waals surface area contributed by atoms with E-state index in [2.05, 4.69) is 0 Å². The number of nitro groups is 1. The van der Waals surface area contributed by atoms with Crippen molar-refractivity contribution in [1.82, 2.24) is 0 Å². The van der Waals surface area contributed by atoms with Crippen molar-refractivity contribution < 1.29 is 17.8 Å². The number of benzene rings is 2. The molecule has 2 aromatic carbocycles. The SMILES string of the molecule is O=c1oc2ccc(Cl)cc2cc1S(=O)(=O)Cc1ccc(Cl)c([N+](=O)[O-])c1. The van der Waals surface area contributed by atoms with E-state index in [0.717, 1.165) is 6.07 Å². The topological polar surface area (TPSA) is 107 Å². The van der Waals surface area contributed by atoms with Crippen LogP contribution in [0.4, 0.5) is 5.69 Å². The van der Waals surface area contributed by atoms with Gasteiger partial charge in [-0.1, -0.05) is 29.3 Å². The monoisotopic (exact) mass is 413 g/mol. The van der Waals surface area contributed by atoms with Crippen molar-refractivity contribution in [2.24, 2.45) is 0 Å². The van der Waals surface area contributed by atoms with E-state index in [-0.39, 0.29) is 16.2 Å². The Balaban J connectivity index is 2.07. The van der Waals surface area contributed by atoms with E-state index < -0.39 is 36.7 Å². The van der Waals surface area contributed by atoms with E-state index in [0.29, 0.717) is 10.4 Å². The van der Waals surface area contributed by atoms with Crippen LogP contribution in [0.3, 0.4) is 0 Å². The molecule has 0 fully saturated rings. The number of hydrogen-bond donors (Lipinski definition) is 0. The summed E-state index contributed by atoms with van der Waals surface area (Å²) in [5, 5.41) is 11.5. The zero-order valence-corrected chi connectivity index (χ0v) is 15.1. The molecule has 0 aliphatic rings. The molecular weight excluding hydrogens is 405 g/mol. The van der Waals surface area contributed by atoms with Gasteiger partial charge in [-0.2, -0.15) is 0 Å². The second kappa shape index (κ2) is 6.71. The Kier molecular flexibility index (Phi) is 4.74. The molecule has 3 aromatic rings. The van der Waals surface area contributed by atoms with Crippen LogP contribution in [0.25, 0.3) is 11.0 Å². The Morgan fingerprint density at radius 2 is 1.81 bits per heavy atom. The van der Waals surface area contributed by atoms with E-state index in [1.165, 1.54) is 36.4 Å². The van der Waals surface area contributed by atoms with Gasteiger partial charge in [0.15, 0.2) is 14.7 Å². The van der Waals surface area contributed by atoms with Gasteiger partial charge in [0, 0.05) is 16.5 Å². The van der Waals surface area contributed by atoms with Gasteiger partial charge in [0.25, 0.3) is 5.69 Å². The zero-order valence-electron chi connectivity index (χ0n) is 12.8. The molecule has 0 amide bonds. The fourth-order valence-electron chi connectivity index (χ4n) is 2.38. The number of sulfone groups is 1. The van der Waals surface area contributed by atoms with Gasteiger partial charge < -0.3 is 4.42 Å². The van der Waals surface area contributed by atoms with Gasteiger partial charge in [-0.15, -0.1) is 0 Å². The number of hydrogen-bond acceptors (Lipinski definition) is 6. The molecule has 10 heteroatoms. The van der Waals surface area contributed by atoms with Crippen LogP contribution in [0.1, 0.15) is 5.56 Å². The van der Waals surface area contributed by atoms with Crippen LogP contribution in [0.5, 0.6) is 0 Å². The van der Waals surface area contributed by atoms with Crippen molar-refractivity contribution in [3.05, 3.63) is 78.6 Å². The Bertz CT molecular complexity index is 1200. The Hall–Kier alpha value is -2.42. The Morgan fingerprint density at radius 3 is 2.50 bits per heavy atom. The second-order valence-corrected chi connectivity index (χ2v) is 8.18. The molecule has 0 bridgehead atoms. The Labute approximate surface area is 156 Å². The summed E-state index contributed by atoms with van der Waals surface area (Å²) in [6.07, 6.45) is 0. The highest BCUT2D eigenvalue weighted by atomic mass is 35.5. The van der Waals surface area contributed by atoms with Gasteiger partial charge >= 0.3 is 5.63 Å². The lowest BCUT2D eigenvalue weighted by Gasteiger charge is -2.06. The molecule has 0 spiro atoms. The van der Waals surface area contributed by atoms with Crippen LogP contribution >= 0.6 is 23.2 Å². The minimum Gasteiger partial charge on any atom is -0.422 e. The van der Waals surface area contributed by atoms with E-state index in [4.69, 9.17) is 27.6 Å². The van der Waals surface area contributed by atoms with Crippen molar-refractivity contribution in [1.29, 1.82) is 0 Å². The third-order valence-electron chi connectivity index (χ3n) is 3.56. The van der Waals surface area contributed by atoms with Crippen LogP contribution in [0.2, 0.25) is 10.0 Å². The van der Waals surface area contributed by atoms with Crippen molar-refractivity contribution in [2.45, 2.75) is 10.6 Å². The van der Waals surface area contributed by atoms with Crippen molar-refractivity contribution >= 4 is 49.7 Å². The number of rotatable bonds is 4. The average molecular weight is 414 g/mol. The molecule has 26 heavy (non-hydrogen) atoms. The van der Waals surface area contributed by atoms with Crippen LogP contribution in [0, 0.1) is 10.1 Å². The van der Waals surface area contributed by atoms with E-state index in [1.807, 2.05) is 0 Å². The first kappa shape index (κ1) is 18.4. The summed E-state index contributed by atoms with van der Waals surface area (Å²) in [6.45, 7) is 0. The van der Waals surface area contributed by atoms with Crippen LogP contribution in [-0.4, -0.2) is 13.3 Å². The molecule has 7 nitrogen and oxygen atoms in total. The number of halogens is 2. The molecule has 0 radical (unpaired) electrons. The predicted octanol–water partition coefficient (Wildman–Crippen LogP) is 3.98. The number of nitrogens with zero attached hydrogens (tertiary/aromatic N) is 1. The molecule has 3 rings (SSSR count). The van der Waals surface area contributed by atoms with E-state index in [9.17, 15) is 23.3 Å². The second-order valence-electron chi connectivity index (χ2n) is 5.38. The molecule has 1 aromatic heterocycles. The molecule has 134 valence electrons. The third kappa shape index (κ3) is 3.57. The summed E-state index contributed by atoms with van der Waals surface area (Å²) in [7, 11) is -4.12. The molecule has 0 atom stereocenters. The third-order valence-corrected chi connectivity index (χ3v) is 5.78. The minimum absolute atomic E-state index is 0.115. The van der Waals surface area contributed by atoms with Gasteiger partial charge in [0.2, 0.25) is 0 Å². The van der Waals surface area contributed by atoms with Gasteiger partial charge in [-0.3, -0.25) is 10.1 Å². The molecule has 1 heterocycles. The molecule has 0 saturated carbocycles. The maximum Gasteiger partial charge on any atom is 0.355 e. The normalized spacial score (nSPS) is 11.6. The highest BCUT2D eigenvalue weighted by Gasteiger charge is 2.23. The van der Waals surface area contributed by atoms with Gasteiger partial charge in [-0.05, 0) is 35.9 Å². The molecule has 0 N–H and O–H groups in total. The molecule has 0 saturated heterocycles. The maximum atomic E-state index is 12.6. The van der Waals surface area contributed by atoms with Crippen molar-refractivity contribution in [2.75, 3.05) is 0 Å². The summed E-state index contributed by atoms with van der Waals surface area (Å²) in [5.41, 5.74) is -1.13. The first-order valence-corrected chi connectivity index (χ1v) is 9.47. The van der Waals surface area contributed by atoms with Gasteiger partial charge in [0.05, 0.1) is 10.7 Å². The summed E-state index contributed by atoms with van der Waals surface area (Å²) in [5.74, 6) is -0.623. The first-order valence-electron chi connectivity index (χ1n) is 7.06. The lowest BCUT2D eigenvalue weighted by molar-refractivity contribution is -0.384. The highest BCUT2D eigenvalue weighted by Crippen LogP contribution is 2.27. The molecular formula is C16H9Cl2NO6S. The Morgan fingerprint density at radius 1 is 1.08 bits per heavy atom. The lowest BCUT2D eigenvalue weighted by atomic mass is 10.2. The summed E-state index contributed by atoms with van der Waals surface area (Å²) < 4.78 is 30.3. The summed E-state index contributed by atoms with van der Waals surface area (Å²) in [4.78, 5) is 21.7. The van der Waals surface area contributed by atoms with E-state index >= 15 is 0 Å². The largest absolute Gasteiger partial charge is 0.422 e. The van der Waals surface area contributed by atoms with Crippen LogP contribution < -0.4 is 5.63 Å². The average Bonchev–Trinajstić information content (AvgIpc) is 2.55. The van der Waals surface area contributed by atoms with Crippen molar-refractivity contribution in [3.63, 3.8) is 0 Å². The fraction of sp³-hybridized carbons (Fsp3) is 0.0625. The van der Waals surface area contributed by atoms with Crippen LogP contribution in [-0.2, 0) is 15.6 Å². The van der Waals surface area contributed by atoms with Crippen molar-refractivity contribution in [3.8, 4) is 0 Å². The lowest BCUT2D eigenvalue weighted by Crippen LogP contribution is -2.16. The fourth-order valence-corrected chi connectivity index (χ4v) is 4.12. The van der Waals surface area contributed by atoms with Crippen LogP contribution in [0.15, 0.2) is 56.6 Å². The zero-order chi connectivity index (χ0) is 19.1. The summed E-state index contributed by atoms with van der Waals surface area (Å²) >= 11 is 11.6. The standard InChI is InChI=1S/C16H9Cl2NO6S/c17-11-2-4-14-10(6-11)7-15(16(20)25-14)26(23,24)8-9-1-3-12(18)13(5-9)19(21)22/h1-7H,8H2. The minimum atomic E-state index is -4.12. The molecule has 0 unspecified atom stereocenters. The summed E-state index contributed by atoms with van der Waals surface area (Å²) in [6, 6.07) is 9.23. The van der Waals surface area contributed by atoms with Gasteiger partial charge in [-0.25, -0.2) is 13.2 Å². The predicted molar refractivity (Wildman–Crippen MR) is 96.5 cm³/mol.